The van der Waals surface area contributed by atoms with Gasteiger partial charge in [0.2, 0.25) is 11.9 Å². The summed E-state index contributed by atoms with van der Waals surface area (Å²) in [6.07, 6.45) is 1.58. The summed E-state index contributed by atoms with van der Waals surface area (Å²) in [5.41, 5.74) is 9.37. The van der Waals surface area contributed by atoms with Crippen molar-refractivity contribution in [2.24, 2.45) is 10.7 Å². The minimum Gasteiger partial charge on any atom is -0.497 e. The first-order valence-electron chi connectivity index (χ1n) is 10.8. The van der Waals surface area contributed by atoms with Crippen LogP contribution in [0.25, 0.3) is 11.3 Å². The molecule has 2 heterocycles. The number of aryl methyl sites for hydroxylation is 2. The molecule has 0 fully saturated rings. The summed E-state index contributed by atoms with van der Waals surface area (Å²) < 4.78 is 33.1. The average Bonchev–Trinajstić information content (AvgIpc) is 2.83. The average molecular weight is 505 g/mol. The minimum absolute atomic E-state index is 0.0160. The van der Waals surface area contributed by atoms with Crippen molar-refractivity contribution in [3.8, 4) is 17.0 Å². The molecule has 0 saturated carbocycles. The van der Waals surface area contributed by atoms with Crippen molar-refractivity contribution in [3.63, 3.8) is 0 Å². The second kappa shape index (κ2) is 10.4. The number of sulfonamides is 1. The van der Waals surface area contributed by atoms with E-state index >= 15 is 0 Å². The van der Waals surface area contributed by atoms with Gasteiger partial charge in [0.05, 0.1) is 17.7 Å². The zero-order valence-corrected chi connectivity index (χ0v) is 20.6. The Bertz CT molecular complexity index is 1500. The highest BCUT2D eigenvalue weighted by Crippen LogP contribution is 2.23. The monoisotopic (exact) mass is 504 g/mol. The van der Waals surface area contributed by atoms with Crippen LogP contribution in [0.1, 0.15) is 11.4 Å². The molecule has 2 aromatic heterocycles. The zero-order chi connectivity index (χ0) is 25.7. The summed E-state index contributed by atoms with van der Waals surface area (Å²) >= 11 is 0. The maximum atomic E-state index is 12.7. The van der Waals surface area contributed by atoms with E-state index in [4.69, 9.17) is 10.5 Å². The molecule has 0 atom stereocenters. The molecule has 0 saturated heterocycles. The third-order valence-corrected chi connectivity index (χ3v) is 6.22. The summed E-state index contributed by atoms with van der Waals surface area (Å²) in [5.74, 6) is 0.925. The van der Waals surface area contributed by atoms with E-state index in [0.29, 0.717) is 28.5 Å². The van der Waals surface area contributed by atoms with Crippen LogP contribution >= 0.6 is 0 Å². The van der Waals surface area contributed by atoms with Crippen LogP contribution in [0.15, 0.2) is 76.7 Å². The summed E-state index contributed by atoms with van der Waals surface area (Å²) in [4.78, 5) is 21.0. The van der Waals surface area contributed by atoms with Crippen LogP contribution in [0.2, 0.25) is 0 Å². The molecule has 0 amide bonds. The molecule has 0 aliphatic carbocycles. The standard InChI is InChI=1S/C24H24N8O3S/c1-15-13-16(2)28-24(27-15)32-36(33,34)20-9-7-18(8-10-20)29-22(25)31-23-26-12-11-21(30-23)17-5-4-6-19(14-17)35-3/h4-14H,1-3H3,(H,27,28,32)(H3,25,26,29,30,31). The quantitative estimate of drug-likeness (QED) is 0.253. The largest absolute Gasteiger partial charge is 0.497 e. The fourth-order valence-corrected chi connectivity index (χ4v) is 4.24. The number of aliphatic imine (C=N–C) groups is 1. The van der Waals surface area contributed by atoms with Crippen LogP contribution in [0.4, 0.5) is 17.6 Å². The van der Waals surface area contributed by atoms with Crippen molar-refractivity contribution in [1.29, 1.82) is 0 Å². The van der Waals surface area contributed by atoms with Crippen LogP contribution in [0.5, 0.6) is 5.75 Å². The number of methoxy groups -OCH3 is 1. The number of nitrogens with zero attached hydrogens (tertiary/aromatic N) is 5. The van der Waals surface area contributed by atoms with Gasteiger partial charge in [-0.2, -0.15) is 4.99 Å². The van der Waals surface area contributed by atoms with Gasteiger partial charge in [-0.15, -0.1) is 0 Å². The molecule has 184 valence electrons. The van der Waals surface area contributed by atoms with Gasteiger partial charge in [-0.25, -0.2) is 33.1 Å². The summed E-state index contributed by atoms with van der Waals surface area (Å²) in [6, 6.07) is 17.0. The van der Waals surface area contributed by atoms with Crippen molar-refractivity contribution >= 4 is 33.6 Å². The number of hydrogen-bond donors (Lipinski definition) is 3. The molecule has 0 bridgehead atoms. The van der Waals surface area contributed by atoms with E-state index < -0.39 is 10.0 Å². The topological polar surface area (TPSA) is 157 Å². The number of nitrogens with one attached hydrogen (secondary N) is 2. The lowest BCUT2D eigenvalue weighted by molar-refractivity contribution is 0.415. The Hall–Kier alpha value is -4.58. The number of anilines is 2. The molecule has 0 aliphatic heterocycles. The summed E-state index contributed by atoms with van der Waals surface area (Å²) in [6.45, 7) is 3.53. The number of benzene rings is 2. The van der Waals surface area contributed by atoms with Crippen LogP contribution in [-0.4, -0.2) is 41.4 Å². The minimum atomic E-state index is -3.87. The Morgan fingerprint density at radius 1 is 0.972 bits per heavy atom. The molecule has 4 N–H and O–H groups in total. The van der Waals surface area contributed by atoms with Crippen molar-refractivity contribution < 1.29 is 13.2 Å². The fourth-order valence-electron chi connectivity index (χ4n) is 3.30. The molecule has 0 spiro atoms. The van der Waals surface area contributed by atoms with E-state index in [0.717, 1.165) is 5.56 Å². The smallest absolute Gasteiger partial charge is 0.264 e. The molecular weight excluding hydrogens is 480 g/mol. The molecule has 0 radical (unpaired) electrons. The van der Waals surface area contributed by atoms with E-state index in [1.54, 1.807) is 51.4 Å². The molecule has 0 aliphatic rings. The van der Waals surface area contributed by atoms with Gasteiger partial charge in [0.15, 0.2) is 0 Å². The van der Waals surface area contributed by atoms with Gasteiger partial charge in [-0.1, -0.05) is 12.1 Å². The molecule has 4 aromatic rings. The van der Waals surface area contributed by atoms with E-state index in [9.17, 15) is 8.42 Å². The fraction of sp³-hybridized carbons (Fsp3) is 0.125. The van der Waals surface area contributed by atoms with Crippen LogP contribution in [-0.2, 0) is 10.0 Å². The van der Waals surface area contributed by atoms with Gasteiger partial charge in [0.1, 0.15) is 5.75 Å². The van der Waals surface area contributed by atoms with Crippen molar-refractivity contribution in [2.45, 2.75) is 18.7 Å². The zero-order valence-electron chi connectivity index (χ0n) is 19.8. The number of aromatic nitrogens is 4. The molecule has 4 rings (SSSR count). The van der Waals surface area contributed by atoms with E-state index in [2.05, 4.69) is 35.0 Å². The van der Waals surface area contributed by atoms with Gasteiger partial charge >= 0.3 is 0 Å². The third kappa shape index (κ3) is 6.10. The number of ether oxygens (including phenoxy) is 1. The molecule has 0 unspecified atom stereocenters. The lowest BCUT2D eigenvalue weighted by Gasteiger charge is -2.09. The highest BCUT2D eigenvalue weighted by atomic mass is 32.2. The predicted octanol–water partition coefficient (Wildman–Crippen LogP) is 3.42. The Balaban J connectivity index is 1.47. The van der Waals surface area contributed by atoms with Crippen molar-refractivity contribution in [2.75, 3.05) is 17.1 Å². The molecule has 11 nitrogen and oxygen atoms in total. The maximum absolute atomic E-state index is 12.7. The van der Waals surface area contributed by atoms with Gasteiger partial charge in [-0.05, 0) is 62.4 Å². The number of nitrogens with two attached hydrogens (primary N) is 1. The molecule has 36 heavy (non-hydrogen) atoms. The first-order valence-corrected chi connectivity index (χ1v) is 12.2. The number of rotatable bonds is 7. The Morgan fingerprint density at radius 3 is 2.39 bits per heavy atom. The van der Waals surface area contributed by atoms with Crippen molar-refractivity contribution in [3.05, 3.63) is 78.2 Å². The first-order chi connectivity index (χ1) is 17.2. The van der Waals surface area contributed by atoms with E-state index in [1.165, 1.54) is 12.1 Å². The highest BCUT2D eigenvalue weighted by Gasteiger charge is 2.16. The lowest BCUT2D eigenvalue weighted by atomic mass is 10.1. The Kier molecular flexibility index (Phi) is 7.06. The van der Waals surface area contributed by atoms with Crippen LogP contribution in [0, 0.1) is 13.8 Å². The number of guanidine groups is 1. The highest BCUT2D eigenvalue weighted by molar-refractivity contribution is 7.92. The second-order valence-corrected chi connectivity index (χ2v) is 9.38. The van der Waals surface area contributed by atoms with Gasteiger partial charge < -0.3 is 15.8 Å². The van der Waals surface area contributed by atoms with Crippen LogP contribution < -0.4 is 20.5 Å². The molecular formula is C24H24N8O3S. The van der Waals surface area contributed by atoms with Gasteiger partial charge in [-0.3, -0.25) is 0 Å². The third-order valence-electron chi connectivity index (χ3n) is 4.87. The Morgan fingerprint density at radius 2 is 1.69 bits per heavy atom. The van der Waals surface area contributed by atoms with Crippen molar-refractivity contribution in [1.82, 2.24) is 19.9 Å². The lowest BCUT2D eigenvalue weighted by Crippen LogP contribution is -2.22. The SMILES string of the molecule is COc1cccc(-c2ccnc(/N=C(\N)Nc3ccc(S(=O)(=O)Nc4nc(C)cc(C)n4)cc3)n2)c1. The predicted molar refractivity (Wildman–Crippen MR) is 138 cm³/mol. The first kappa shape index (κ1) is 24.5. The van der Waals surface area contributed by atoms with Gasteiger partial charge in [0, 0.05) is 28.8 Å². The normalized spacial score (nSPS) is 11.7. The second-order valence-electron chi connectivity index (χ2n) is 7.70. The summed E-state index contributed by atoms with van der Waals surface area (Å²) in [7, 11) is -2.27. The Labute approximate surface area is 208 Å². The van der Waals surface area contributed by atoms with E-state index in [1.807, 2.05) is 24.3 Å². The molecule has 2 aromatic carbocycles. The maximum Gasteiger partial charge on any atom is 0.264 e. The summed E-state index contributed by atoms with van der Waals surface area (Å²) in [5, 5.41) is 2.90. The van der Waals surface area contributed by atoms with Crippen LogP contribution in [0.3, 0.4) is 0 Å². The number of hydrogen-bond acceptors (Lipinski definition) is 8. The van der Waals surface area contributed by atoms with Gasteiger partial charge in [0.25, 0.3) is 16.0 Å². The van der Waals surface area contributed by atoms with E-state index in [-0.39, 0.29) is 22.8 Å². The molecule has 12 heteroatoms.